The van der Waals surface area contributed by atoms with Crippen molar-refractivity contribution in [2.24, 2.45) is 5.92 Å². The van der Waals surface area contributed by atoms with Gasteiger partial charge in [0.25, 0.3) is 5.91 Å². The highest BCUT2D eigenvalue weighted by atomic mass is 16.5. The quantitative estimate of drug-likeness (QED) is 0.840. The third-order valence-corrected chi connectivity index (χ3v) is 3.66. The molecule has 1 aromatic heterocycles. The number of nitrogens with one attached hydrogen (secondary N) is 1. The molecule has 0 unspecified atom stereocenters. The molecule has 0 radical (unpaired) electrons. The maximum absolute atomic E-state index is 12.1. The van der Waals surface area contributed by atoms with Crippen LogP contribution < -0.4 is 5.32 Å². The summed E-state index contributed by atoms with van der Waals surface area (Å²) in [5.74, 6) is -0.648. The van der Waals surface area contributed by atoms with Crippen LogP contribution in [0.4, 0.5) is 0 Å². The SMILES string of the molecule is COC(=O)[C@H](NC(=O)c1cnccn1)C1CCCCC1. The van der Waals surface area contributed by atoms with Crippen LogP contribution in [0.1, 0.15) is 42.6 Å². The van der Waals surface area contributed by atoms with Gasteiger partial charge in [-0.25, -0.2) is 9.78 Å². The Labute approximate surface area is 118 Å². The van der Waals surface area contributed by atoms with E-state index in [4.69, 9.17) is 4.74 Å². The van der Waals surface area contributed by atoms with Crippen LogP contribution in [0.2, 0.25) is 0 Å². The maximum Gasteiger partial charge on any atom is 0.328 e. The van der Waals surface area contributed by atoms with E-state index in [2.05, 4.69) is 15.3 Å². The highest BCUT2D eigenvalue weighted by molar-refractivity contribution is 5.95. The zero-order valence-electron chi connectivity index (χ0n) is 11.5. The van der Waals surface area contributed by atoms with E-state index >= 15 is 0 Å². The molecule has 1 aromatic rings. The molecular formula is C14H19N3O3. The van der Waals surface area contributed by atoms with Gasteiger partial charge in [-0.05, 0) is 18.8 Å². The van der Waals surface area contributed by atoms with E-state index in [1.54, 1.807) is 0 Å². The number of nitrogens with zero attached hydrogens (tertiary/aromatic N) is 2. The third-order valence-electron chi connectivity index (χ3n) is 3.66. The van der Waals surface area contributed by atoms with E-state index < -0.39 is 12.0 Å². The fraction of sp³-hybridized carbons (Fsp3) is 0.571. The molecule has 108 valence electrons. The van der Waals surface area contributed by atoms with Gasteiger partial charge < -0.3 is 10.1 Å². The van der Waals surface area contributed by atoms with Crippen LogP contribution in [0.3, 0.4) is 0 Å². The number of aromatic nitrogens is 2. The van der Waals surface area contributed by atoms with Crippen molar-refractivity contribution in [3.8, 4) is 0 Å². The van der Waals surface area contributed by atoms with Crippen LogP contribution in [0.5, 0.6) is 0 Å². The second kappa shape index (κ2) is 6.98. The second-order valence-corrected chi connectivity index (χ2v) is 4.96. The summed E-state index contributed by atoms with van der Waals surface area (Å²) in [5.41, 5.74) is 0.206. The lowest BCUT2D eigenvalue weighted by Crippen LogP contribution is -2.47. The molecule has 0 aromatic carbocycles. The normalized spacial score (nSPS) is 17.2. The van der Waals surface area contributed by atoms with Crippen LogP contribution in [0, 0.1) is 5.92 Å². The molecule has 0 saturated heterocycles. The third kappa shape index (κ3) is 3.53. The Kier molecular flexibility index (Phi) is 5.03. The Morgan fingerprint density at radius 1 is 1.30 bits per heavy atom. The molecule has 1 atom stereocenters. The summed E-state index contributed by atoms with van der Waals surface area (Å²) in [5, 5.41) is 2.74. The van der Waals surface area contributed by atoms with E-state index in [0.717, 1.165) is 25.7 Å². The van der Waals surface area contributed by atoms with Gasteiger partial charge in [0.15, 0.2) is 0 Å². The molecule has 2 rings (SSSR count). The van der Waals surface area contributed by atoms with E-state index in [1.807, 2.05) is 0 Å². The molecule has 0 spiro atoms. The van der Waals surface area contributed by atoms with Gasteiger partial charge in [0, 0.05) is 12.4 Å². The topological polar surface area (TPSA) is 81.2 Å². The highest BCUT2D eigenvalue weighted by Crippen LogP contribution is 2.27. The molecule has 1 saturated carbocycles. The van der Waals surface area contributed by atoms with Gasteiger partial charge in [0.05, 0.1) is 13.3 Å². The first-order chi connectivity index (χ1) is 9.72. The molecule has 1 aliphatic rings. The Hall–Kier alpha value is -1.98. The van der Waals surface area contributed by atoms with Gasteiger partial charge in [-0.2, -0.15) is 0 Å². The molecule has 0 aliphatic heterocycles. The number of rotatable bonds is 4. The van der Waals surface area contributed by atoms with Crippen molar-refractivity contribution < 1.29 is 14.3 Å². The number of amides is 1. The largest absolute Gasteiger partial charge is 0.467 e. The van der Waals surface area contributed by atoms with Crippen LogP contribution in [0.15, 0.2) is 18.6 Å². The first kappa shape index (κ1) is 14.4. The average Bonchev–Trinajstić information content (AvgIpc) is 2.53. The van der Waals surface area contributed by atoms with Crippen molar-refractivity contribution in [2.45, 2.75) is 38.1 Å². The number of carbonyl (C=O) groups excluding carboxylic acids is 2. The summed E-state index contributed by atoms with van der Waals surface area (Å²) in [4.78, 5) is 31.8. The lowest BCUT2D eigenvalue weighted by molar-refractivity contribution is -0.144. The van der Waals surface area contributed by atoms with Gasteiger partial charge in [0.2, 0.25) is 0 Å². The Bertz CT molecular complexity index is 458. The summed E-state index contributed by atoms with van der Waals surface area (Å²) in [6, 6.07) is -0.602. The minimum atomic E-state index is -0.602. The molecule has 1 amide bonds. The Balaban J connectivity index is 2.07. The predicted octanol–water partition coefficient (Wildman–Crippen LogP) is 1.33. The summed E-state index contributed by atoms with van der Waals surface area (Å²) in [6.07, 6.45) is 9.53. The fourth-order valence-corrected chi connectivity index (χ4v) is 2.60. The lowest BCUT2D eigenvalue weighted by Gasteiger charge is -2.28. The summed E-state index contributed by atoms with van der Waals surface area (Å²) >= 11 is 0. The second-order valence-electron chi connectivity index (χ2n) is 4.96. The number of esters is 1. The minimum Gasteiger partial charge on any atom is -0.467 e. The molecule has 6 heteroatoms. The zero-order valence-corrected chi connectivity index (χ0v) is 11.5. The number of methoxy groups -OCH3 is 1. The van der Waals surface area contributed by atoms with Crippen LogP contribution >= 0.6 is 0 Å². The molecular weight excluding hydrogens is 258 g/mol. The number of hydrogen-bond acceptors (Lipinski definition) is 5. The Morgan fingerprint density at radius 2 is 2.05 bits per heavy atom. The van der Waals surface area contributed by atoms with Crippen molar-refractivity contribution in [3.63, 3.8) is 0 Å². The van der Waals surface area contributed by atoms with Crippen LogP contribution in [-0.2, 0) is 9.53 Å². The molecule has 1 heterocycles. The number of carbonyl (C=O) groups is 2. The monoisotopic (exact) mass is 277 g/mol. The predicted molar refractivity (Wildman–Crippen MR) is 71.9 cm³/mol. The van der Waals surface area contributed by atoms with E-state index in [1.165, 1.54) is 32.1 Å². The summed E-state index contributed by atoms with van der Waals surface area (Å²) < 4.78 is 4.81. The van der Waals surface area contributed by atoms with Crippen molar-refractivity contribution in [2.75, 3.05) is 7.11 Å². The number of ether oxygens (including phenoxy) is 1. The summed E-state index contributed by atoms with van der Waals surface area (Å²) in [6.45, 7) is 0. The average molecular weight is 277 g/mol. The number of hydrogen-bond donors (Lipinski definition) is 1. The van der Waals surface area contributed by atoms with Gasteiger partial charge in [0.1, 0.15) is 11.7 Å². The van der Waals surface area contributed by atoms with Gasteiger partial charge in [-0.1, -0.05) is 19.3 Å². The zero-order chi connectivity index (χ0) is 14.4. The molecule has 0 bridgehead atoms. The standard InChI is InChI=1S/C14H19N3O3/c1-20-14(19)12(10-5-3-2-4-6-10)17-13(18)11-9-15-7-8-16-11/h7-10,12H,2-6H2,1H3,(H,17,18)/t12-/m1/s1. The molecule has 1 fully saturated rings. The molecule has 20 heavy (non-hydrogen) atoms. The van der Waals surface area contributed by atoms with Crippen LogP contribution in [-0.4, -0.2) is 35.0 Å². The molecule has 1 N–H and O–H groups in total. The Morgan fingerprint density at radius 3 is 2.65 bits per heavy atom. The van der Waals surface area contributed by atoms with Crippen molar-refractivity contribution >= 4 is 11.9 Å². The van der Waals surface area contributed by atoms with Crippen molar-refractivity contribution in [1.82, 2.24) is 15.3 Å². The first-order valence-electron chi connectivity index (χ1n) is 6.87. The minimum absolute atomic E-state index is 0.136. The molecule has 1 aliphatic carbocycles. The molecule has 6 nitrogen and oxygen atoms in total. The lowest BCUT2D eigenvalue weighted by atomic mass is 9.84. The van der Waals surface area contributed by atoms with Gasteiger partial charge in [-0.15, -0.1) is 0 Å². The van der Waals surface area contributed by atoms with Gasteiger partial charge >= 0.3 is 5.97 Å². The van der Waals surface area contributed by atoms with Crippen molar-refractivity contribution in [1.29, 1.82) is 0 Å². The van der Waals surface area contributed by atoms with E-state index in [-0.39, 0.29) is 17.5 Å². The first-order valence-corrected chi connectivity index (χ1v) is 6.87. The van der Waals surface area contributed by atoms with Crippen LogP contribution in [0.25, 0.3) is 0 Å². The van der Waals surface area contributed by atoms with Gasteiger partial charge in [-0.3, -0.25) is 9.78 Å². The highest BCUT2D eigenvalue weighted by Gasteiger charge is 2.32. The summed E-state index contributed by atoms with van der Waals surface area (Å²) in [7, 11) is 1.34. The van der Waals surface area contributed by atoms with Crippen molar-refractivity contribution in [3.05, 3.63) is 24.3 Å². The fourth-order valence-electron chi connectivity index (χ4n) is 2.60. The van der Waals surface area contributed by atoms with E-state index in [9.17, 15) is 9.59 Å². The smallest absolute Gasteiger partial charge is 0.328 e. The maximum atomic E-state index is 12.1. The van der Waals surface area contributed by atoms with E-state index in [0.29, 0.717) is 0 Å².